The van der Waals surface area contributed by atoms with E-state index in [1.165, 1.54) is 0 Å². The van der Waals surface area contributed by atoms with Gasteiger partial charge in [-0.3, -0.25) is 4.79 Å². The first-order chi connectivity index (χ1) is 10.1. The van der Waals surface area contributed by atoms with Crippen molar-refractivity contribution in [2.45, 2.75) is 51.2 Å². The Balaban J connectivity index is 1.43. The van der Waals surface area contributed by atoms with E-state index >= 15 is 0 Å². The summed E-state index contributed by atoms with van der Waals surface area (Å²) >= 11 is 0. The zero-order valence-corrected chi connectivity index (χ0v) is 12.6. The predicted octanol–water partition coefficient (Wildman–Crippen LogP) is 2.85. The van der Waals surface area contributed by atoms with Gasteiger partial charge in [-0.2, -0.15) is 0 Å². The summed E-state index contributed by atoms with van der Waals surface area (Å²) in [5.41, 5.74) is -0.169. The summed E-state index contributed by atoms with van der Waals surface area (Å²) in [6.45, 7) is 2.01. The molecular formula is C18H24O3. The third kappa shape index (κ3) is 2.01. The minimum absolute atomic E-state index is 0.0273. The molecule has 0 spiro atoms. The number of hydrogen-bond donors (Lipinski definition) is 1. The lowest BCUT2D eigenvalue weighted by Gasteiger charge is -2.30. The van der Waals surface area contributed by atoms with Crippen LogP contribution < -0.4 is 0 Å². The monoisotopic (exact) mass is 288 g/mol. The zero-order valence-electron chi connectivity index (χ0n) is 12.6. The molecule has 0 aromatic rings. The molecule has 0 aromatic carbocycles. The van der Waals surface area contributed by atoms with Gasteiger partial charge in [0, 0.05) is 11.3 Å². The number of ether oxygens (including phenoxy) is 1. The van der Waals surface area contributed by atoms with Gasteiger partial charge in [-0.15, -0.1) is 0 Å². The average molecular weight is 288 g/mol. The van der Waals surface area contributed by atoms with Gasteiger partial charge in [0.25, 0.3) is 0 Å². The van der Waals surface area contributed by atoms with E-state index in [9.17, 15) is 9.90 Å². The summed E-state index contributed by atoms with van der Waals surface area (Å²) in [6.07, 6.45) is 13.1. The molecule has 4 rings (SSSR count). The first-order valence-corrected chi connectivity index (χ1v) is 8.37. The van der Waals surface area contributed by atoms with Crippen LogP contribution in [0.25, 0.3) is 0 Å². The van der Waals surface area contributed by atoms with Crippen LogP contribution in [0.3, 0.4) is 0 Å². The molecule has 0 radical (unpaired) electrons. The molecule has 0 aliphatic heterocycles. The summed E-state index contributed by atoms with van der Waals surface area (Å²) < 4.78 is 5.83. The second-order valence-electron chi connectivity index (χ2n) is 7.45. The van der Waals surface area contributed by atoms with Crippen LogP contribution in [0.2, 0.25) is 0 Å². The molecule has 21 heavy (non-hydrogen) atoms. The Morgan fingerprint density at radius 3 is 2.81 bits per heavy atom. The van der Waals surface area contributed by atoms with E-state index in [1.54, 1.807) is 0 Å². The van der Waals surface area contributed by atoms with E-state index in [0.717, 1.165) is 32.1 Å². The van der Waals surface area contributed by atoms with Crippen molar-refractivity contribution in [3.8, 4) is 0 Å². The molecule has 0 aromatic heterocycles. The van der Waals surface area contributed by atoms with Crippen LogP contribution in [-0.4, -0.2) is 23.3 Å². The average Bonchev–Trinajstić information content (AvgIpc) is 3.25. The van der Waals surface area contributed by atoms with E-state index in [-0.39, 0.29) is 35.4 Å². The fourth-order valence-corrected chi connectivity index (χ4v) is 5.03. The van der Waals surface area contributed by atoms with Crippen LogP contribution in [0.5, 0.6) is 0 Å². The minimum Gasteiger partial charge on any atom is -0.461 e. The fourth-order valence-electron chi connectivity index (χ4n) is 5.03. The highest BCUT2D eigenvalue weighted by atomic mass is 16.5. The highest BCUT2D eigenvalue weighted by Gasteiger charge is 2.53. The zero-order chi connectivity index (χ0) is 14.6. The number of fused-ring (bicyclic) bond motifs is 4. The molecule has 4 bridgehead atoms. The van der Waals surface area contributed by atoms with Crippen LogP contribution in [0.15, 0.2) is 24.3 Å². The topological polar surface area (TPSA) is 46.5 Å². The molecule has 2 fully saturated rings. The third-order valence-corrected chi connectivity index (χ3v) is 6.25. The van der Waals surface area contributed by atoms with Crippen LogP contribution in [0.1, 0.15) is 39.0 Å². The largest absolute Gasteiger partial charge is 0.461 e. The Bertz CT molecular complexity index is 509. The highest BCUT2D eigenvalue weighted by Crippen LogP contribution is 2.55. The Labute approximate surface area is 126 Å². The van der Waals surface area contributed by atoms with Gasteiger partial charge in [-0.05, 0) is 43.9 Å². The number of aliphatic hydroxyl groups is 1. The van der Waals surface area contributed by atoms with Gasteiger partial charge in [0.1, 0.15) is 6.10 Å². The van der Waals surface area contributed by atoms with Crippen molar-refractivity contribution in [2.75, 3.05) is 0 Å². The van der Waals surface area contributed by atoms with Gasteiger partial charge in [0.05, 0.1) is 12.0 Å². The predicted molar refractivity (Wildman–Crippen MR) is 79.3 cm³/mol. The second-order valence-corrected chi connectivity index (χ2v) is 7.45. The van der Waals surface area contributed by atoms with E-state index in [1.807, 2.05) is 6.92 Å². The first kappa shape index (κ1) is 13.6. The molecule has 4 aliphatic rings. The Kier molecular flexibility index (Phi) is 3.04. The SMILES string of the molecule is CCC(O)C12C=CC(C1)C(C(=O)OC1CC3C=CC1C3)C2. The number of rotatable bonds is 4. The lowest BCUT2D eigenvalue weighted by molar-refractivity contribution is -0.156. The highest BCUT2D eigenvalue weighted by molar-refractivity contribution is 5.74. The van der Waals surface area contributed by atoms with Crippen molar-refractivity contribution >= 4 is 5.97 Å². The van der Waals surface area contributed by atoms with Gasteiger partial charge >= 0.3 is 5.97 Å². The number of allylic oxidation sites excluding steroid dienone is 2. The van der Waals surface area contributed by atoms with E-state index in [4.69, 9.17) is 4.74 Å². The standard InChI is InChI=1S/C18H24O3/c1-2-16(19)18-6-5-13(9-18)14(10-18)17(20)21-15-8-11-3-4-12(15)7-11/h3-6,11-16,19H,2,7-10H2,1H3. The Hall–Kier alpha value is -1.09. The molecular weight excluding hydrogens is 264 g/mol. The van der Waals surface area contributed by atoms with Crippen LogP contribution in [-0.2, 0) is 9.53 Å². The Morgan fingerprint density at radius 1 is 1.29 bits per heavy atom. The van der Waals surface area contributed by atoms with Crippen molar-refractivity contribution in [1.29, 1.82) is 0 Å². The summed E-state index contributed by atoms with van der Waals surface area (Å²) in [6, 6.07) is 0. The molecule has 114 valence electrons. The van der Waals surface area contributed by atoms with Crippen molar-refractivity contribution < 1.29 is 14.6 Å². The summed E-state index contributed by atoms with van der Waals surface area (Å²) in [5, 5.41) is 10.3. The van der Waals surface area contributed by atoms with Crippen molar-refractivity contribution in [2.24, 2.45) is 29.1 Å². The number of esters is 1. The lowest BCUT2D eigenvalue weighted by Crippen LogP contribution is -2.33. The van der Waals surface area contributed by atoms with E-state index in [0.29, 0.717) is 11.8 Å². The fraction of sp³-hybridized carbons (Fsp3) is 0.722. The van der Waals surface area contributed by atoms with Crippen LogP contribution in [0.4, 0.5) is 0 Å². The molecule has 3 heteroatoms. The van der Waals surface area contributed by atoms with Gasteiger partial charge in [-0.1, -0.05) is 31.2 Å². The number of aliphatic hydroxyl groups excluding tert-OH is 1. The molecule has 3 nitrogen and oxygen atoms in total. The second kappa shape index (κ2) is 4.70. The maximum Gasteiger partial charge on any atom is 0.309 e. The Morgan fingerprint density at radius 2 is 2.14 bits per heavy atom. The number of hydrogen-bond acceptors (Lipinski definition) is 3. The van der Waals surface area contributed by atoms with Crippen molar-refractivity contribution in [1.82, 2.24) is 0 Å². The quantitative estimate of drug-likeness (QED) is 0.639. The van der Waals surface area contributed by atoms with Gasteiger partial charge < -0.3 is 9.84 Å². The molecule has 0 saturated heterocycles. The van der Waals surface area contributed by atoms with Crippen LogP contribution >= 0.6 is 0 Å². The van der Waals surface area contributed by atoms with Gasteiger partial charge in [-0.25, -0.2) is 0 Å². The first-order valence-electron chi connectivity index (χ1n) is 8.37. The summed E-state index contributed by atoms with van der Waals surface area (Å²) in [5.74, 6) is 1.27. The van der Waals surface area contributed by atoms with E-state index in [2.05, 4.69) is 24.3 Å². The maximum atomic E-state index is 12.6. The molecule has 1 N–H and O–H groups in total. The van der Waals surface area contributed by atoms with Crippen LogP contribution in [0, 0.1) is 29.1 Å². The molecule has 4 aliphatic carbocycles. The molecule has 2 saturated carbocycles. The maximum absolute atomic E-state index is 12.6. The smallest absolute Gasteiger partial charge is 0.309 e. The molecule has 7 atom stereocenters. The third-order valence-electron chi connectivity index (χ3n) is 6.25. The summed E-state index contributed by atoms with van der Waals surface area (Å²) in [7, 11) is 0. The molecule has 0 amide bonds. The van der Waals surface area contributed by atoms with E-state index < -0.39 is 0 Å². The van der Waals surface area contributed by atoms with Crippen molar-refractivity contribution in [3.05, 3.63) is 24.3 Å². The molecule has 0 heterocycles. The van der Waals surface area contributed by atoms with Gasteiger partial charge in [0.2, 0.25) is 0 Å². The number of carbonyl (C=O) groups excluding carboxylic acids is 1. The van der Waals surface area contributed by atoms with Crippen molar-refractivity contribution in [3.63, 3.8) is 0 Å². The number of carbonyl (C=O) groups is 1. The van der Waals surface area contributed by atoms with Gasteiger partial charge in [0.15, 0.2) is 0 Å². The summed E-state index contributed by atoms with van der Waals surface area (Å²) in [4.78, 5) is 12.6. The molecule has 7 unspecified atom stereocenters. The lowest BCUT2D eigenvalue weighted by atomic mass is 9.78. The normalized spacial score (nSPS) is 47.2. The minimum atomic E-state index is -0.332.